The fourth-order valence-corrected chi connectivity index (χ4v) is 4.45. The number of hydrogen-bond acceptors (Lipinski definition) is 4. The molecule has 1 amide bonds. The van der Waals surface area contributed by atoms with E-state index in [4.69, 9.17) is 4.74 Å². The molecule has 7 heteroatoms. The maximum atomic E-state index is 13.4. The van der Waals surface area contributed by atoms with Gasteiger partial charge in [-0.1, -0.05) is 54.6 Å². The van der Waals surface area contributed by atoms with Gasteiger partial charge in [-0.15, -0.1) is 0 Å². The van der Waals surface area contributed by atoms with Crippen LogP contribution < -0.4 is 15.0 Å². The average molecular weight is 497 g/mol. The zero-order valence-corrected chi connectivity index (χ0v) is 20.0. The molecule has 4 aromatic rings. The molecular formula is C30H25FN2O4. The quantitative estimate of drug-likeness (QED) is 0.352. The van der Waals surface area contributed by atoms with Crippen molar-refractivity contribution in [3.8, 4) is 16.9 Å². The highest BCUT2D eigenvalue weighted by Gasteiger charge is 2.20. The van der Waals surface area contributed by atoms with Gasteiger partial charge in [-0.3, -0.25) is 4.79 Å². The number of rotatable bonds is 7. The highest BCUT2D eigenvalue weighted by atomic mass is 19.1. The maximum Gasteiger partial charge on any atom is 0.336 e. The summed E-state index contributed by atoms with van der Waals surface area (Å²) in [6.07, 6.45) is 0. The predicted molar refractivity (Wildman–Crippen MR) is 139 cm³/mol. The number of halogens is 1. The third-order valence-electron chi connectivity index (χ3n) is 6.32. The van der Waals surface area contributed by atoms with Crippen LogP contribution in [-0.4, -0.2) is 30.1 Å². The van der Waals surface area contributed by atoms with E-state index in [0.717, 1.165) is 16.8 Å². The third-order valence-corrected chi connectivity index (χ3v) is 6.32. The van der Waals surface area contributed by atoms with Crippen LogP contribution in [0.15, 0.2) is 91.0 Å². The van der Waals surface area contributed by atoms with Gasteiger partial charge >= 0.3 is 5.97 Å². The van der Waals surface area contributed by atoms with Gasteiger partial charge in [0.15, 0.2) is 0 Å². The smallest absolute Gasteiger partial charge is 0.336 e. The number of carbonyl (C=O) groups excluding carboxylic acids is 1. The second kappa shape index (κ2) is 10.5. The monoisotopic (exact) mass is 496 g/mol. The highest BCUT2D eigenvalue weighted by molar-refractivity contribution is 5.96. The minimum atomic E-state index is -0.952. The molecule has 0 aliphatic carbocycles. The summed E-state index contributed by atoms with van der Waals surface area (Å²) in [6.45, 7) is 2.06. The molecule has 0 aromatic heterocycles. The van der Waals surface area contributed by atoms with E-state index >= 15 is 0 Å². The van der Waals surface area contributed by atoms with Crippen molar-refractivity contribution in [2.75, 3.05) is 18.1 Å². The van der Waals surface area contributed by atoms with Gasteiger partial charge in [-0.05, 0) is 58.7 Å². The molecule has 0 atom stereocenters. The molecule has 0 radical (unpaired) electrons. The number of nitrogens with zero attached hydrogens (tertiary/aromatic N) is 1. The fraction of sp³-hybridized carbons (Fsp3) is 0.133. The van der Waals surface area contributed by atoms with Crippen LogP contribution in [0.4, 0.5) is 10.1 Å². The number of aromatic carboxylic acids is 1. The van der Waals surface area contributed by atoms with Crippen LogP contribution in [0.2, 0.25) is 0 Å². The van der Waals surface area contributed by atoms with Crippen molar-refractivity contribution in [1.29, 1.82) is 0 Å². The fourth-order valence-electron chi connectivity index (χ4n) is 4.45. The van der Waals surface area contributed by atoms with Gasteiger partial charge in [-0.25, -0.2) is 9.18 Å². The van der Waals surface area contributed by atoms with Crippen LogP contribution in [0, 0.1) is 5.82 Å². The molecule has 0 saturated carbocycles. The van der Waals surface area contributed by atoms with Crippen LogP contribution in [-0.2, 0) is 13.1 Å². The summed E-state index contributed by atoms with van der Waals surface area (Å²) in [5.74, 6) is -0.915. The number of benzene rings is 4. The number of amides is 1. The lowest BCUT2D eigenvalue weighted by Gasteiger charge is -2.31. The minimum Gasteiger partial charge on any atom is -0.490 e. The molecule has 5 rings (SSSR count). The van der Waals surface area contributed by atoms with Crippen LogP contribution in [0.3, 0.4) is 0 Å². The van der Waals surface area contributed by atoms with Crippen LogP contribution >= 0.6 is 0 Å². The Morgan fingerprint density at radius 1 is 0.919 bits per heavy atom. The van der Waals surface area contributed by atoms with Gasteiger partial charge in [0, 0.05) is 18.7 Å². The molecule has 1 aliphatic heterocycles. The molecular weight excluding hydrogens is 471 g/mol. The number of carbonyl (C=O) groups is 2. The van der Waals surface area contributed by atoms with E-state index in [1.807, 2.05) is 42.5 Å². The zero-order chi connectivity index (χ0) is 25.8. The molecule has 0 fully saturated rings. The summed E-state index contributed by atoms with van der Waals surface area (Å²) >= 11 is 0. The van der Waals surface area contributed by atoms with Gasteiger partial charge in [0.25, 0.3) is 5.91 Å². The van der Waals surface area contributed by atoms with Crippen LogP contribution in [0.1, 0.15) is 31.8 Å². The molecule has 186 valence electrons. The lowest BCUT2D eigenvalue weighted by Crippen LogP contribution is -2.32. The Balaban J connectivity index is 1.28. The first kappa shape index (κ1) is 24.1. The largest absolute Gasteiger partial charge is 0.490 e. The summed E-state index contributed by atoms with van der Waals surface area (Å²) in [7, 11) is 0. The van der Waals surface area contributed by atoms with Gasteiger partial charge in [0.05, 0.1) is 17.8 Å². The van der Waals surface area contributed by atoms with E-state index in [-0.39, 0.29) is 23.8 Å². The standard InChI is InChI=1S/C30H25FN2O4/c31-24-5-3-4-21(16-24)18-32-29(34)23-12-13-27-28(17-23)37-15-14-33(27)19-20-8-10-22(11-9-20)25-6-1-2-7-26(25)30(35)36/h1-13,16-17H,14-15,18-19H2,(H,32,34)(H,35,36). The minimum absolute atomic E-state index is 0.230. The molecule has 0 bridgehead atoms. The van der Waals surface area contributed by atoms with Gasteiger partial charge in [0.1, 0.15) is 18.2 Å². The van der Waals surface area contributed by atoms with E-state index in [2.05, 4.69) is 10.2 Å². The number of carboxylic acid groups (broad SMARTS) is 1. The molecule has 0 unspecified atom stereocenters. The molecule has 1 aliphatic rings. The summed E-state index contributed by atoms with van der Waals surface area (Å²) in [6, 6.07) is 26.3. The SMILES string of the molecule is O=C(NCc1cccc(F)c1)c1ccc2c(c1)OCCN2Cc1ccc(-c2ccccc2C(=O)O)cc1. The lowest BCUT2D eigenvalue weighted by molar-refractivity contribution is 0.0697. The molecule has 37 heavy (non-hydrogen) atoms. The van der Waals surface area contributed by atoms with Gasteiger partial charge in [-0.2, -0.15) is 0 Å². The summed E-state index contributed by atoms with van der Waals surface area (Å²) in [4.78, 5) is 26.4. The Morgan fingerprint density at radius 3 is 2.51 bits per heavy atom. The predicted octanol–water partition coefficient (Wildman–Crippen LogP) is 5.52. The van der Waals surface area contributed by atoms with E-state index in [9.17, 15) is 19.1 Å². The maximum absolute atomic E-state index is 13.4. The van der Waals surface area contributed by atoms with E-state index in [0.29, 0.717) is 42.1 Å². The van der Waals surface area contributed by atoms with Crippen LogP contribution in [0.5, 0.6) is 5.75 Å². The average Bonchev–Trinajstić information content (AvgIpc) is 2.92. The molecule has 0 spiro atoms. The normalized spacial score (nSPS) is 12.4. The molecule has 1 heterocycles. The summed E-state index contributed by atoms with van der Waals surface area (Å²) in [5.41, 5.74) is 4.92. The Morgan fingerprint density at radius 2 is 1.73 bits per heavy atom. The molecule has 4 aromatic carbocycles. The van der Waals surface area contributed by atoms with E-state index < -0.39 is 5.97 Å². The van der Waals surface area contributed by atoms with Crippen molar-refractivity contribution in [2.45, 2.75) is 13.1 Å². The van der Waals surface area contributed by atoms with Crippen LogP contribution in [0.25, 0.3) is 11.1 Å². The van der Waals surface area contributed by atoms with Gasteiger partial charge in [0.2, 0.25) is 0 Å². The number of nitrogens with one attached hydrogen (secondary N) is 1. The van der Waals surface area contributed by atoms with Gasteiger partial charge < -0.3 is 20.1 Å². The highest BCUT2D eigenvalue weighted by Crippen LogP contribution is 2.34. The number of hydrogen-bond donors (Lipinski definition) is 2. The van der Waals surface area contributed by atoms with Crippen molar-refractivity contribution in [2.24, 2.45) is 0 Å². The Hall–Kier alpha value is -4.65. The van der Waals surface area contributed by atoms with E-state index in [1.165, 1.54) is 12.1 Å². The van der Waals surface area contributed by atoms with Crippen molar-refractivity contribution in [1.82, 2.24) is 5.32 Å². The first-order valence-electron chi connectivity index (χ1n) is 11.9. The van der Waals surface area contributed by atoms with Crippen molar-refractivity contribution >= 4 is 17.6 Å². The van der Waals surface area contributed by atoms with E-state index in [1.54, 1.807) is 36.4 Å². The molecule has 6 nitrogen and oxygen atoms in total. The first-order chi connectivity index (χ1) is 18.0. The first-order valence-corrected chi connectivity index (χ1v) is 11.9. The molecule has 2 N–H and O–H groups in total. The van der Waals surface area contributed by atoms with Crippen molar-refractivity contribution in [3.05, 3.63) is 119 Å². The second-order valence-corrected chi connectivity index (χ2v) is 8.81. The summed E-state index contributed by atoms with van der Waals surface area (Å²) < 4.78 is 19.2. The van der Waals surface area contributed by atoms with Crippen molar-refractivity contribution in [3.63, 3.8) is 0 Å². The summed E-state index contributed by atoms with van der Waals surface area (Å²) in [5, 5.41) is 12.3. The number of anilines is 1. The molecule has 0 saturated heterocycles. The van der Waals surface area contributed by atoms with Crippen molar-refractivity contribution < 1.29 is 23.8 Å². The number of ether oxygens (including phenoxy) is 1. The number of carboxylic acids is 1. The second-order valence-electron chi connectivity index (χ2n) is 8.81. The Labute approximate surface area is 213 Å². The Bertz CT molecular complexity index is 1450. The lowest BCUT2D eigenvalue weighted by atomic mass is 9.98. The zero-order valence-electron chi connectivity index (χ0n) is 20.0. The topological polar surface area (TPSA) is 78.9 Å². The Kier molecular flexibility index (Phi) is 6.85. The third kappa shape index (κ3) is 5.46. The number of fused-ring (bicyclic) bond motifs is 1.